The van der Waals surface area contributed by atoms with Crippen LogP contribution >= 0.6 is 0 Å². The summed E-state index contributed by atoms with van der Waals surface area (Å²) in [6.45, 7) is 2.50. The van der Waals surface area contributed by atoms with Crippen molar-refractivity contribution in [1.82, 2.24) is 5.01 Å². The van der Waals surface area contributed by atoms with Crippen LogP contribution in [0.15, 0.2) is 16.7 Å². The first-order valence-corrected chi connectivity index (χ1v) is 6.87. The van der Waals surface area contributed by atoms with Crippen LogP contribution in [0.3, 0.4) is 0 Å². The summed E-state index contributed by atoms with van der Waals surface area (Å²) < 4.78 is 45.1. The summed E-state index contributed by atoms with van der Waals surface area (Å²) >= 11 is 0. The van der Waals surface area contributed by atoms with Crippen LogP contribution in [0.1, 0.15) is 19.4 Å². The van der Waals surface area contributed by atoms with E-state index in [0.29, 0.717) is 6.21 Å². The smallest absolute Gasteiger partial charge is 0.343 e. The average molecular weight is 360 g/mol. The van der Waals surface area contributed by atoms with E-state index in [9.17, 15) is 33.0 Å². The molecule has 0 heterocycles. The molecule has 0 aromatic heterocycles. The van der Waals surface area contributed by atoms with Crippen molar-refractivity contribution in [2.75, 3.05) is 13.7 Å². The van der Waals surface area contributed by atoms with Crippen molar-refractivity contribution >= 4 is 23.9 Å². The van der Waals surface area contributed by atoms with E-state index in [1.54, 1.807) is 0 Å². The number of aromatic hydroxyl groups is 1. The van der Waals surface area contributed by atoms with Gasteiger partial charge in [0, 0.05) is 14.0 Å². The zero-order chi connectivity index (χ0) is 19.3. The molecule has 0 unspecified atom stereocenters. The Labute approximate surface area is 140 Å². The number of esters is 1. The zero-order valence-electron chi connectivity index (χ0n) is 13.5. The second-order valence-corrected chi connectivity index (χ2v) is 4.65. The Hall–Kier alpha value is -3.04. The van der Waals surface area contributed by atoms with E-state index in [2.05, 4.69) is 9.84 Å². The molecule has 0 aliphatic carbocycles. The summed E-state index contributed by atoms with van der Waals surface area (Å²) in [6.07, 6.45) is 0.687. The molecular formula is C15H15F3N2O5. The van der Waals surface area contributed by atoms with Crippen LogP contribution in [0.25, 0.3) is 5.76 Å². The largest absolute Gasteiger partial charge is 0.506 e. The van der Waals surface area contributed by atoms with Crippen molar-refractivity contribution in [2.24, 2.45) is 5.10 Å². The maximum Gasteiger partial charge on any atom is 0.343 e. The Morgan fingerprint density at radius 1 is 1.32 bits per heavy atom. The van der Waals surface area contributed by atoms with Gasteiger partial charge in [-0.25, -0.2) is 18.6 Å². The molecular weight excluding hydrogens is 345 g/mol. The number of benzene rings is 1. The first-order valence-electron chi connectivity index (χ1n) is 6.87. The number of aliphatic hydroxyl groups is 1. The first-order chi connectivity index (χ1) is 11.6. The molecule has 1 rings (SSSR count). The minimum absolute atomic E-state index is 0.114. The molecule has 25 heavy (non-hydrogen) atoms. The standard InChI is InChI=1S/C15H15F3N2O5/c1-4-25-15(24)9(6-19-20(3)7(2)21)13(22)8-5-10(16)12(18)14(23)11(8)17/h5-6,22-23H,4H2,1-3H3/b13-9-,19-6+. The van der Waals surface area contributed by atoms with Crippen LogP contribution in [0.5, 0.6) is 5.75 Å². The van der Waals surface area contributed by atoms with Crippen LogP contribution in [-0.4, -0.2) is 47.0 Å². The number of phenols is 1. The Bertz CT molecular complexity index is 762. The molecule has 136 valence electrons. The molecule has 0 radical (unpaired) electrons. The number of hydrogen-bond acceptors (Lipinski definition) is 6. The summed E-state index contributed by atoms with van der Waals surface area (Å²) in [5, 5.41) is 23.6. The molecule has 1 amide bonds. The van der Waals surface area contributed by atoms with E-state index < -0.39 is 52.0 Å². The highest BCUT2D eigenvalue weighted by Gasteiger charge is 2.24. The van der Waals surface area contributed by atoms with Crippen LogP contribution < -0.4 is 0 Å². The van der Waals surface area contributed by atoms with E-state index in [1.165, 1.54) is 14.0 Å². The van der Waals surface area contributed by atoms with E-state index in [4.69, 9.17) is 0 Å². The fraction of sp³-hybridized carbons (Fsp3) is 0.267. The number of hydrogen-bond donors (Lipinski definition) is 2. The van der Waals surface area contributed by atoms with Crippen molar-refractivity contribution in [2.45, 2.75) is 13.8 Å². The fourth-order valence-electron chi connectivity index (χ4n) is 1.55. The molecule has 0 aliphatic rings. The highest BCUT2D eigenvalue weighted by molar-refractivity contribution is 6.15. The highest BCUT2D eigenvalue weighted by atomic mass is 19.2. The van der Waals surface area contributed by atoms with Crippen molar-refractivity contribution in [3.63, 3.8) is 0 Å². The number of phenolic OH excluding ortho intramolecular Hbond substituents is 1. The molecule has 0 fully saturated rings. The van der Waals surface area contributed by atoms with E-state index in [0.717, 1.165) is 11.9 Å². The third-order valence-corrected chi connectivity index (χ3v) is 2.95. The lowest BCUT2D eigenvalue weighted by atomic mass is 10.1. The molecule has 2 N–H and O–H groups in total. The van der Waals surface area contributed by atoms with E-state index in [1.807, 2.05) is 0 Å². The number of ether oxygens (including phenoxy) is 1. The van der Waals surface area contributed by atoms with Gasteiger partial charge in [-0.2, -0.15) is 9.49 Å². The van der Waals surface area contributed by atoms with Crippen molar-refractivity contribution in [3.8, 4) is 5.75 Å². The fourth-order valence-corrected chi connectivity index (χ4v) is 1.55. The van der Waals surface area contributed by atoms with Crippen LogP contribution in [0, 0.1) is 17.5 Å². The minimum atomic E-state index is -1.85. The zero-order valence-corrected chi connectivity index (χ0v) is 13.5. The van der Waals surface area contributed by atoms with E-state index in [-0.39, 0.29) is 12.7 Å². The number of halogens is 3. The van der Waals surface area contributed by atoms with Gasteiger partial charge in [-0.3, -0.25) is 4.79 Å². The lowest BCUT2D eigenvalue weighted by Gasteiger charge is -2.11. The van der Waals surface area contributed by atoms with Gasteiger partial charge in [0.15, 0.2) is 17.4 Å². The third kappa shape index (κ3) is 4.49. The Kier molecular flexibility index (Phi) is 6.54. The maximum absolute atomic E-state index is 13.9. The summed E-state index contributed by atoms with van der Waals surface area (Å²) in [6, 6.07) is 0.251. The van der Waals surface area contributed by atoms with Gasteiger partial charge in [0.1, 0.15) is 11.3 Å². The van der Waals surface area contributed by atoms with E-state index >= 15 is 0 Å². The third-order valence-electron chi connectivity index (χ3n) is 2.95. The topological polar surface area (TPSA) is 99.4 Å². The van der Waals surface area contributed by atoms with Gasteiger partial charge in [0.25, 0.3) is 0 Å². The second kappa shape index (κ2) is 8.18. The molecule has 1 aromatic carbocycles. The van der Waals surface area contributed by atoms with Gasteiger partial charge in [-0.1, -0.05) is 0 Å². The average Bonchev–Trinajstić information content (AvgIpc) is 2.56. The molecule has 0 spiro atoms. The number of nitrogens with zero attached hydrogens (tertiary/aromatic N) is 2. The lowest BCUT2D eigenvalue weighted by molar-refractivity contribution is -0.138. The van der Waals surface area contributed by atoms with Crippen LogP contribution in [0.2, 0.25) is 0 Å². The Morgan fingerprint density at radius 3 is 2.44 bits per heavy atom. The molecule has 1 aromatic rings. The number of carbonyl (C=O) groups excluding carboxylic acids is 2. The van der Waals surface area contributed by atoms with Crippen LogP contribution in [-0.2, 0) is 14.3 Å². The number of carbonyl (C=O) groups is 2. The van der Waals surface area contributed by atoms with Crippen molar-refractivity contribution < 1.29 is 37.7 Å². The molecule has 10 heteroatoms. The SMILES string of the molecule is CCOC(=O)C(/C=N/N(C)C(C)=O)=C(\O)c1cc(F)c(F)c(O)c1F. The number of rotatable bonds is 5. The molecule has 0 saturated carbocycles. The van der Waals surface area contributed by atoms with Gasteiger partial charge in [0.05, 0.1) is 18.4 Å². The quantitative estimate of drug-likeness (QED) is 0.209. The molecule has 0 aliphatic heterocycles. The number of aliphatic hydroxyl groups excluding tert-OH is 1. The first kappa shape index (κ1) is 20.0. The minimum Gasteiger partial charge on any atom is -0.506 e. The predicted molar refractivity (Wildman–Crippen MR) is 81.1 cm³/mol. The van der Waals surface area contributed by atoms with Crippen LogP contribution in [0.4, 0.5) is 13.2 Å². The van der Waals surface area contributed by atoms with Gasteiger partial charge in [0.2, 0.25) is 11.7 Å². The van der Waals surface area contributed by atoms with Gasteiger partial charge in [-0.05, 0) is 13.0 Å². The van der Waals surface area contributed by atoms with Gasteiger partial charge >= 0.3 is 5.97 Å². The summed E-state index contributed by atoms with van der Waals surface area (Å²) in [5.41, 5.74) is -1.73. The number of hydrazone groups is 1. The number of amides is 1. The maximum atomic E-state index is 13.9. The summed E-state index contributed by atoms with van der Waals surface area (Å²) in [4.78, 5) is 23.0. The van der Waals surface area contributed by atoms with Crippen molar-refractivity contribution in [1.29, 1.82) is 0 Å². The second-order valence-electron chi connectivity index (χ2n) is 4.65. The van der Waals surface area contributed by atoms with Gasteiger partial charge in [-0.15, -0.1) is 0 Å². The molecule has 0 bridgehead atoms. The Morgan fingerprint density at radius 2 is 1.92 bits per heavy atom. The molecule has 0 saturated heterocycles. The monoisotopic (exact) mass is 360 g/mol. The predicted octanol–water partition coefficient (Wildman–Crippen LogP) is 2.11. The van der Waals surface area contributed by atoms with Crippen molar-refractivity contribution in [3.05, 3.63) is 34.7 Å². The molecule has 0 atom stereocenters. The van der Waals surface area contributed by atoms with Gasteiger partial charge < -0.3 is 14.9 Å². The normalized spacial score (nSPS) is 12.1. The lowest BCUT2D eigenvalue weighted by Crippen LogP contribution is -2.19. The summed E-state index contributed by atoms with van der Waals surface area (Å²) in [5.74, 6) is -9.70. The molecule has 7 nitrogen and oxygen atoms in total. The summed E-state index contributed by atoms with van der Waals surface area (Å²) in [7, 11) is 1.24. The Balaban J connectivity index is 3.55. The highest BCUT2D eigenvalue weighted by Crippen LogP contribution is 2.30.